The summed E-state index contributed by atoms with van der Waals surface area (Å²) < 4.78 is 69.4. The molecule has 0 bridgehead atoms. The van der Waals surface area contributed by atoms with Gasteiger partial charge in [0.2, 0.25) is 0 Å². The number of carbonyl (C=O) groups excluding carboxylic acids is 1. The zero-order chi connectivity index (χ0) is 28.2. The van der Waals surface area contributed by atoms with E-state index in [0.29, 0.717) is 10.4 Å². The van der Waals surface area contributed by atoms with Crippen molar-refractivity contribution in [2.75, 3.05) is 10.8 Å². The van der Waals surface area contributed by atoms with Crippen molar-refractivity contribution < 1.29 is 26.4 Å². The third kappa shape index (κ3) is 6.20. The number of hydrogen-bond donors (Lipinski definition) is 1. The van der Waals surface area contributed by atoms with Crippen LogP contribution in [0.4, 0.5) is 18.9 Å². The maximum Gasteiger partial charge on any atom is 0.416 e. The van der Waals surface area contributed by atoms with E-state index in [0.717, 1.165) is 34.8 Å². The van der Waals surface area contributed by atoms with Crippen LogP contribution in [-0.2, 0) is 21.0 Å². The lowest BCUT2D eigenvalue weighted by Gasteiger charge is -2.24. The average Bonchev–Trinajstić information content (AvgIpc) is 3.20. The van der Waals surface area contributed by atoms with E-state index in [9.17, 15) is 26.4 Å². The summed E-state index contributed by atoms with van der Waals surface area (Å²) in [6.45, 7) is 3.03. The van der Waals surface area contributed by atoms with Gasteiger partial charge in [-0.15, -0.1) is 0 Å². The Hall–Kier alpha value is -4.38. The summed E-state index contributed by atoms with van der Waals surface area (Å²) in [5.74, 6) is -0.833. The van der Waals surface area contributed by atoms with E-state index in [4.69, 9.17) is 0 Å². The summed E-state index contributed by atoms with van der Waals surface area (Å²) in [5, 5.41) is 3.97. The van der Waals surface area contributed by atoms with Crippen molar-refractivity contribution >= 4 is 27.8 Å². The number of alkyl halides is 3. The molecule has 0 saturated heterocycles. The maximum atomic E-state index is 13.4. The van der Waals surface area contributed by atoms with Crippen LogP contribution >= 0.6 is 0 Å². The standard InChI is InChI=1S/C28H25F3N4O3S/c1-20-16-22(21(2)35(20)24-11-5-3-6-12-24)18-32-33-27(36)19-34(39(37,38)26-14-7-4-8-15-26)25-13-9-10-23(17-25)28(29,30)31/h3-18H,19H2,1-2H3,(H,33,36)/b32-18-. The summed E-state index contributed by atoms with van der Waals surface area (Å²) in [6, 6.07) is 22.5. The molecule has 11 heteroatoms. The number of aromatic nitrogens is 1. The van der Waals surface area contributed by atoms with E-state index in [2.05, 4.69) is 10.5 Å². The molecule has 1 aromatic heterocycles. The van der Waals surface area contributed by atoms with Gasteiger partial charge in [-0.3, -0.25) is 9.10 Å². The highest BCUT2D eigenvalue weighted by molar-refractivity contribution is 7.92. The van der Waals surface area contributed by atoms with Crippen LogP contribution < -0.4 is 9.73 Å². The zero-order valence-electron chi connectivity index (χ0n) is 21.1. The molecule has 1 amide bonds. The summed E-state index contributed by atoms with van der Waals surface area (Å²) in [7, 11) is -4.38. The van der Waals surface area contributed by atoms with Crippen LogP contribution in [0.3, 0.4) is 0 Å². The number of hydrogen-bond acceptors (Lipinski definition) is 4. The van der Waals surface area contributed by atoms with Crippen LogP contribution in [0.15, 0.2) is 101 Å². The quantitative estimate of drug-likeness (QED) is 0.232. The normalized spacial score (nSPS) is 12.0. The first-order valence-electron chi connectivity index (χ1n) is 11.8. The Morgan fingerprint density at radius 2 is 1.59 bits per heavy atom. The smallest absolute Gasteiger partial charge is 0.318 e. The molecule has 3 aromatic carbocycles. The number of halogens is 3. The van der Waals surface area contributed by atoms with Crippen molar-refractivity contribution in [2.24, 2.45) is 5.10 Å². The zero-order valence-corrected chi connectivity index (χ0v) is 21.9. The SMILES string of the molecule is Cc1cc(/C=N\NC(=O)CN(c2cccc(C(F)(F)F)c2)S(=O)(=O)c2ccccc2)c(C)n1-c1ccccc1. The highest BCUT2D eigenvalue weighted by atomic mass is 32.2. The number of aryl methyl sites for hydroxylation is 1. The summed E-state index contributed by atoms with van der Waals surface area (Å²) >= 11 is 0. The molecule has 0 radical (unpaired) electrons. The molecule has 4 rings (SSSR count). The average molecular weight is 555 g/mol. The van der Waals surface area contributed by atoms with Gasteiger partial charge < -0.3 is 4.57 Å². The third-order valence-corrected chi connectivity index (χ3v) is 7.75. The molecular formula is C28H25F3N4O3S. The molecule has 1 N–H and O–H groups in total. The molecule has 0 aliphatic rings. The fourth-order valence-corrected chi connectivity index (χ4v) is 5.54. The summed E-state index contributed by atoms with van der Waals surface area (Å²) in [6.07, 6.45) is -3.27. The van der Waals surface area contributed by atoms with Gasteiger partial charge in [0, 0.05) is 22.6 Å². The van der Waals surface area contributed by atoms with E-state index in [1.807, 2.05) is 54.8 Å². The Morgan fingerprint density at radius 3 is 2.23 bits per heavy atom. The number of hydrazone groups is 1. The topological polar surface area (TPSA) is 83.8 Å². The Balaban J connectivity index is 1.59. The minimum Gasteiger partial charge on any atom is -0.318 e. The minimum absolute atomic E-state index is 0.174. The molecular weight excluding hydrogens is 529 g/mol. The van der Waals surface area contributed by atoms with Crippen molar-refractivity contribution in [3.63, 3.8) is 0 Å². The summed E-state index contributed by atoms with van der Waals surface area (Å²) in [4.78, 5) is 12.6. The molecule has 0 saturated carbocycles. The third-order valence-electron chi connectivity index (χ3n) is 5.96. The van der Waals surface area contributed by atoms with E-state index < -0.39 is 34.2 Å². The van der Waals surface area contributed by atoms with E-state index in [-0.39, 0.29) is 10.6 Å². The molecule has 0 fully saturated rings. The van der Waals surface area contributed by atoms with Gasteiger partial charge in [0.05, 0.1) is 22.4 Å². The van der Waals surface area contributed by atoms with E-state index >= 15 is 0 Å². The molecule has 0 aliphatic heterocycles. The van der Waals surface area contributed by atoms with Crippen LogP contribution in [0, 0.1) is 13.8 Å². The highest BCUT2D eigenvalue weighted by Gasteiger charge is 2.33. The van der Waals surface area contributed by atoms with Crippen molar-refractivity contribution in [3.8, 4) is 5.69 Å². The second-order valence-corrected chi connectivity index (χ2v) is 10.5. The number of benzene rings is 3. The first-order chi connectivity index (χ1) is 18.5. The first-order valence-corrected chi connectivity index (χ1v) is 13.2. The van der Waals surface area contributed by atoms with Gasteiger partial charge in [-0.25, -0.2) is 13.8 Å². The number of carbonyl (C=O) groups is 1. The Morgan fingerprint density at radius 1 is 0.949 bits per heavy atom. The van der Waals surface area contributed by atoms with Crippen LogP contribution in [0.25, 0.3) is 5.69 Å². The second-order valence-electron chi connectivity index (χ2n) is 8.66. The molecule has 0 spiro atoms. The number of para-hydroxylation sites is 1. The fourth-order valence-electron chi connectivity index (χ4n) is 4.10. The van der Waals surface area contributed by atoms with Crippen molar-refractivity contribution in [1.82, 2.24) is 9.99 Å². The van der Waals surface area contributed by atoms with Crippen LogP contribution in [0.5, 0.6) is 0 Å². The minimum atomic E-state index is -4.70. The number of amides is 1. The Kier molecular flexibility index (Phi) is 7.91. The molecule has 0 aliphatic carbocycles. The van der Waals surface area contributed by atoms with Gasteiger partial charge in [-0.1, -0.05) is 42.5 Å². The van der Waals surface area contributed by atoms with Crippen molar-refractivity contribution in [3.05, 3.63) is 114 Å². The van der Waals surface area contributed by atoms with Crippen molar-refractivity contribution in [1.29, 1.82) is 0 Å². The van der Waals surface area contributed by atoms with Gasteiger partial charge in [-0.05, 0) is 62.4 Å². The van der Waals surface area contributed by atoms with Crippen LogP contribution in [0.2, 0.25) is 0 Å². The molecule has 39 heavy (non-hydrogen) atoms. The Labute approximate surface area is 224 Å². The van der Waals surface area contributed by atoms with Gasteiger partial charge in [-0.2, -0.15) is 18.3 Å². The second kappa shape index (κ2) is 11.2. The number of nitrogens with one attached hydrogen (secondary N) is 1. The number of anilines is 1. The van der Waals surface area contributed by atoms with Crippen molar-refractivity contribution in [2.45, 2.75) is 24.9 Å². The molecule has 0 atom stereocenters. The maximum absolute atomic E-state index is 13.4. The first kappa shape index (κ1) is 27.6. The van der Waals surface area contributed by atoms with Gasteiger partial charge in [0.15, 0.2) is 0 Å². The molecule has 202 valence electrons. The Bertz CT molecular complexity index is 1600. The molecule has 7 nitrogen and oxygen atoms in total. The molecule has 4 aromatic rings. The number of nitrogens with zero attached hydrogens (tertiary/aromatic N) is 3. The lowest BCUT2D eigenvalue weighted by Crippen LogP contribution is -2.39. The van der Waals surface area contributed by atoms with E-state index in [1.54, 1.807) is 6.07 Å². The largest absolute Gasteiger partial charge is 0.416 e. The summed E-state index contributed by atoms with van der Waals surface area (Å²) in [5.41, 5.74) is 4.43. The fraction of sp³-hybridized carbons (Fsp3) is 0.143. The monoisotopic (exact) mass is 554 g/mol. The predicted octanol–water partition coefficient (Wildman–Crippen LogP) is 5.46. The van der Waals surface area contributed by atoms with E-state index in [1.165, 1.54) is 36.5 Å². The highest BCUT2D eigenvalue weighted by Crippen LogP contribution is 2.33. The van der Waals surface area contributed by atoms with Gasteiger partial charge in [0.1, 0.15) is 6.54 Å². The van der Waals surface area contributed by atoms with Gasteiger partial charge >= 0.3 is 6.18 Å². The number of rotatable bonds is 8. The van der Waals surface area contributed by atoms with Crippen LogP contribution in [0.1, 0.15) is 22.5 Å². The lowest BCUT2D eigenvalue weighted by atomic mass is 10.2. The lowest BCUT2D eigenvalue weighted by molar-refractivity contribution is -0.137. The molecule has 1 heterocycles. The van der Waals surface area contributed by atoms with Gasteiger partial charge in [0.25, 0.3) is 15.9 Å². The predicted molar refractivity (Wildman–Crippen MR) is 143 cm³/mol. The molecule has 0 unspecified atom stereocenters. The number of sulfonamides is 1. The van der Waals surface area contributed by atoms with Crippen LogP contribution in [-0.4, -0.2) is 31.7 Å².